The first kappa shape index (κ1) is 12.5. The smallest absolute Gasteiger partial charge is 0.222 e. The lowest BCUT2D eigenvalue weighted by Gasteiger charge is -2.27. The molecule has 1 aliphatic heterocycles. The molecule has 0 aliphatic carbocycles. The molecule has 1 fully saturated rings. The van der Waals surface area contributed by atoms with Gasteiger partial charge in [-0.15, -0.1) is 0 Å². The Morgan fingerprint density at radius 2 is 2.07 bits per heavy atom. The highest BCUT2D eigenvalue weighted by atomic mass is 16.2. The van der Waals surface area contributed by atoms with Gasteiger partial charge in [-0.3, -0.25) is 4.79 Å². The standard InChI is InChI=1S/C11H23N3O/c1-10(2)13-5-3-4-11(15)14-8-6-12-7-9-14/h10,12-13H,3-9H2,1-2H3. The van der Waals surface area contributed by atoms with E-state index in [4.69, 9.17) is 0 Å². The number of nitrogens with one attached hydrogen (secondary N) is 2. The molecule has 0 bridgehead atoms. The second kappa shape index (κ2) is 6.80. The lowest BCUT2D eigenvalue weighted by molar-refractivity contribution is -0.131. The summed E-state index contributed by atoms with van der Waals surface area (Å²) in [5, 5.41) is 6.57. The maximum absolute atomic E-state index is 11.7. The molecule has 0 saturated carbocycles. The van der Waals surface area contributed by atoms with Gasteiger partial charge in [0.15, 0.2) is 0 Å². The average Bonchev–Trinajstić information content (AvgIpc) is 2.25. The van der Waals surface area contributed by atoms with E-state index in [0.717, 1.165) is 39.1 Å². The van der Waals surface area contributed by atoms with E-state index in [9.17, 15) is 4.79 Å². The minimum atomic E-state index is 0.307. The Morgan fingerprint density at radius 1 is 1.40 bits per heavy atom. The number of carbonyl (C=O) groups excluding carboxylic acids is 1. The minimum Gasteiger partial charge on any atom is -0.340 e. The molecule has 4 heteroatoms. The van der Waals surface area contributed by atoms with Crippen molar-refractivity contribution in [3.8, 4) is 0 Å². The Balaban J connectivity index is 2.07. The fraction of sp³-hybridized carbons (Fsp3) is 0.909. The van der Waals surface area contributed by atoms with E-state index >= 15 is 0 Å². The van der Waals surface area contributed by atoms with Crippen LogP contribution in [0.5, 0.6) is 0 Å². The number of rotatable bonds is 5. The summed E-state index contributed by atoms with van der Waals surface area (Å²) in [5.74, 6) is 0.307. The van der Waals surface area contributed by atoms with Crippen molar-refractivity contribution in [3.05, 3.63) is 0 Å². The molecule has 1 heterocycles. The highest BCUT2D eigenvalue weighted by Gasteiger charge is 2.14. The predicted molar refractivity (Wildman–Crippen MR) is 61.8 cm³/mol. The fourth-order valence-corrected chi connectivity index (χ4v) is 1.70. The highest BCUT2D eigenvalue weighted by Crippen LogP contribution is 1.99. The largest absolute Gasteiger partial charge is 0.340 e. The summed E-state index contributed by atoms with van der Waals surface area (Å²) in [6, 6.07) is 0.513. The number of amides is 1. The Hall–Kier alpha value is -0.610. The van der Waals surface area contributed by atoms with Gasteiger partial charge in [-0.1, -0.05) is 13.8 Å². The van der Waals surface area contributed by atoms with Crippen LogP contribution in [0.4, 0.5) is 0 Å². The van der Waals surface area contributed by atoms with Crippen molar-refractivity contribution in [2.45, 2.75) is 32.7 Å². The SMILES string of the molecule is CC(C)NCCCC(=O)N1CCNCC1. The molecule has 15 heavy (non-hydrogen) atoms. The molecule has 0 radical (unpaired) electrons. The van der Waals surface area contributed by atoms with Crippen LogP contribution in [0.15, 0.2) is 0 Å². The molecule has 0 unspecified atom stereocenters. The van der Waals surface area contributed by atoms with Crippen LogP contribution >= 0.6 is 0 Å². The zero-order valence-electron chi connectivity index (χ0n) is 9.88. The lowest BCUT2D eigenvalue weighted by Crippen LogP contribution is -2.46. The van der Waals surface area contributed by atoms with Gasteiger partial charge in [-0.2, -0.15) is 0 Å². The first-order chi connectivity index (χ1) is 7.20. The predicted octanol–water partition coefficient (Wildman–Crippen LogP) is 0.196. The van der Waals surface area contributed by atoms with Crippen molar-refractivity contribution < 1.29 is 4.79 Å². The van der Waals surface area contributed by atoms with Crippen LogP contribution in [-0.4, -0.2) is 49.6 Å². The molecular weight excluding hydrogens is 190 g/mol. The third kappa shape index (κ3) is 5.14. The van der Waals surface area contributed by atoms with Crippen molar-refractivity contribution >= 4 is 5.91 Å². The van der Waals surface area contributed by atoms with Crippen molar-refractivity contribution in [1.82, 2.24) is 15.5 Å². The van der Waals surface area contributed by atoms with Gasteiger partial charge in [0.05, 0.1) is 0 Å². The van der Waals surface area contributed by atoms with Crippen LogP contribution in [-0.2, 0) is 4.79 Å². The molecule has 0 spiro atoms. The number of piperazine rings is 1. The number of hydrogen-bond acceptors (Lipinski definition) is 3. The van der Waals surface area contributed by atoms with Gasteiger partial charge in [0.2, 0.25) is 5.91 Å². The van der Waals surface area contributed by atoms with Crippen LogP contribution in [0, 0.1) is 0 Å². The van der Waals surface area contributed by atoms with Crippen LogP contribution in [0.25, 0.3) is 0 Å². The summed E-state index contributed by atoms with van der Waals surface area (Å²) < 4.78 is 0. The first-order valence-corrected chi connectivity index (χ1v) is 5.92. The molecule has 1 amide bonds. The van der Waals surface area contributed by atoms with Gasteiger partial charge >= 0.3 is 0 Å². The summed E-state index contributed by atoms with van der Waals surface area (Å²) in [6.45, 7) is 8.81. The summed E-state index contributed by atoms with van der Waals surface area (Å²) in [4.78, 5) is 13.7. The van der Waals surface area contributed by atoms with E-state index < -0.39 is 0 Å². The molecule has 1 rings (SSSR count). The summed E-state index contributed by atoms with van der Waals surface area (Å²) in [6.07, 6.45) is 1.63. The van der Waals surface area contributed by atoms with Gasteiger partial charge in [-0.25, -0.2) is 0 Å². The van der Waals surface area contributed by atoms with Gasteiger partial charge in [-0.05, 0) is 13.0 Å². The molecule has 0 aromatic rings. The zero-order valence-corrected chi connectivity index (χ0v) is 9.88. The monoisotopic (exact) mass is 213 g/mol. The molecule has 2 N–H and O–H groups in total. The van der Waals surface area contributed by atoms with E-state index in [1.807, 2.05) is 4.90 Å². The van der Waals surface area contributed by atoms with E-state index in [0.29, 0.717) is 18.4 Å². The molecule has 0 atom stereocenters. The summed E-state index contributed by atoms with van der Waals surface area (Å²) >= 11 is 0. The minimum absolute atomic E-state index is 0.307. The maximum Gasteiger partial charge on any atom is 0.222 e. The maximum atomic E-state index is 11.7. The van der Waals surface area contributed by atoms with Crippen molar-refractivity contribution in [1.29, 1.82) is 0 Å². The molecule has 0 aromatic heterocycles. The first-order valence-electron chi connectivity index (χ1n) is 5.92. The third-order valence-electron chi connectivity index (χ3n) is 2.59. The van der Waals surface area contributed by atoms with E-state index in [1.165, 1.54) is 0 Å². The number of nitrogens with zero attached hydrogens (tertiary/aromatic N) is 1. The van der Waals surface area contributed by atoms with Crippen LogP contribution in [0.3, 0.4) is 0 Å². The topological polar surface area (TPSA) is 44.4 Å². The van der Waals surface area contributed by atoms with E-state index in [1.54, 1.807) is 0 Å². The zero-order chi connectivity index (χ0) is 11.1. The fourth-order valence-electron chi connectivity index (χ4n) is 1.70. The summed E-state index contributed by atoms with van der Waals surface area (Å²) in [5.41, 5.74) is 0. The molecular formula is C11H23N3O. The van der Waals surface area contributed by atoms with Crippen molar-refractivity contribution in [3.63, 3.8) is 0 Å². The summed E-state index contributed by atoms with van der Waals surface area (Å²) in [7, 11) is 0. The lowest BCUT2D eigenvalue weighted by atomic mass is 10.2. The van der Waals surface area contributed by atoms with Crippen LogP contribution in [0.1, 0.15) is 26.7 Å². The highest BCUT2D eigenvalue weighted by molar-refractivity contribution is 5.76. The van der Waals surface area contributed by atoms with Gasteiger partial charge < -0.3 is 15.5 Å². The quantitative estimate of drug-likeness (QED) is 0.641. The van der Waals surface area contributed by atoms with Gasteiger partial charge in [0.1, 0.15) is 0 Å². The normalized spacial score (nSPS) is 17.1. The Kier molecular flexibility index (Phi) is 5.65. The number of carbonyl (C=O) groups is 1. The second-order valence-electron chi connectivity index (χ2n) is 4.34. The van der Waals surface area contributed by atoms with Crippen LogP contribution in [0.2, 0.25) is 0 Å². The Morgan fingerprint density at radius 3 is 2.67 bits per heavy atom. The van der Waals surface area contributed by atoms with Crippen LogP contribution < -0.4 is 10.6 Å². The average molecular weight is 213 g/mol. The van der Waals surface area contributed by atoms with E-state index in [-0.39, 0.29) is 0 Å². The molecule has 0 aromatic carbocycles. The van der Waals surface area contributed by atoms with Gasteiger partial charge in [0.25, 0.3) is 0 Å². The van der Waals surface area contributed by atoms with Crippen molar-refractivity contribution in [2.24, 2.45) is 0 Å². The van der Waals surface area contributed by atoms with Gasteiger partial charge in [0, 0.05) is 38.6 Å². The molecule has 88 valence electrons. The Labute approximate surface area is 92.4 Å². The molecule has 1 aliphatic rings. The molecule has 1 saturated heterocycles. The molecule has 4 nitrogen and oxygen atoms in total. The number of hydrogen-bond donors (Lipinski definition) is 2. The third-order valence-corrected chi connectivity index (χ3v) is 2.59. The second-order valence-corrected chi connectivity index (χ2v) is 4.34. The van der Waals surface area contributed by atoms with Crippen molar-refractivity contribution in [2.75, 3.05) is 32.7 Å². The Bertz CT molecular complexity index is 188. The van der Waals surface area contributed by atoms with E-state index in [2.05, 4.69) is 24.5 Å².